The minimum absolute atomic E-state index is 0.184. The van der Waals surface area contributed by atoms with Gasteiger partial charge in [0.05, 0.1) is 11.1 Å². The largest absolute Gasteiger partial charge is 0.311 e. The molecule has 0 amide bonds. The second-order valence-corrected chi connectivity index (χ2v) is 20.8. The summed E-state index contributed by atoms with van der Waals surface area (Å²) in [5, 5.41) is 1.17. The van der Waals surface area contributed by atoms with Gasteiger partial charge in [0.1, 0.15) is 0 Å². The monoisotopic (exact) mass is 891 g/mol. The molecule has 68 heavy (non-hydrogen) atoms. The van der Waals surface area contributed by atoms with E-state index < -0.39 is 12.3 Å². The van der Waals surface area contributed by atoms with Crippen LogP contribution in [0.5, 0.6) is 0 Å². The highest BCUT2D eigenvalue weighted by atomic mass is 32.1. The van der Waals surface area contributed by atoms with Crippen molar-refractivity contribution >= 4 is 78.0 Å². The van der Waals surface area contributed by atoms with Crippen LogP contribution in [0.3, 0.4) is 0 Å². The van der Waals surface area contributed by atoms with Gasteiger partial charge in [-0.2, -0.15) is 0 Å². The molecule has 0 bridgehead atoms. The Kier molecular flexibility index (Phi) is 7.85. The minimum atomic E-state index is -2.38. The lowest BCUT2D eigenvalue weighted by Crippen LogP contribution is -2.60. The van der Waals surface area contributed by atoms with Crippen LogP contribution in [-0.2, 0) is 5.41 Å². The van der Waals surface area contributed by atoms with Crippen molar-refractivity contribution in [3.8, 4) is 33.4 Å². The molecule has 2 aliphatic heterocycles. The van der Waals surface area contributed by atoms with Crippen molar-refractivity contribution in [3.05, 3.63) is 233 Å². The maximum Gasteiger partial charge on any atom is 0.264 e. The van der Waals surface area contributed by atoms with Crippen LogP contribution < -0.4 is 25.5 Å². The Morgan fingerprint density at radius 3 is 1.63 bits per heavy atom. The van der Waals surface area contributed by atoms with Crippen molar-refractivity contribution in [2.45, 2.75) is 51.8 Å². The molecule has 1 aromatic heterocycles. The summed E-state index contributed by atoms with van der Waals surface area (Å²) in [5.74, 6) is 0.634. The molecule has 0 radical (unpaired) electrons. The molecule has 324 valence electrons. The molecule has 0 saturated heterocycles. The summed E-state index contributed by atoms with van der Waals surface area (Å²) >= 11 is 1.90. The first kappa shape index (κ1) is 36.7. The summed E-state index contributed by atoms with van der Waals surface area (Å²) in [4.78, 5) is 4.74. The summed E-state index contributed by atoms with van der Waals surface area (Å²) in [6, 6.07) is 71.1. The topological polar surface area (TPSA) is 6.48 Å². The van der Waals surface area contributed by atoms with Crippen LogP contribution in [0.1, 0.15) is 82.6 Å². The van der Waals surface area contributed by atoms with E-state index >= 15 is 0 Å². The fourth-order valence-corrected chi connectivity index (χ4v) is 14.1. The summed E-state index contributed by atoms with van der Waals surface area (Å²) in [7, 11) is 0. The molecular weight excluding hydrogens is 840 g/mol. The molecule has 9 aromatic carbocycles. The Balaban J connectivity index is 1.11. The highest BCUT2D eigenvalue weighted by Crippen LogP contribution is 2.64. The van der Waals surface area contributed by atoms with Crippen LogP contribution in [0.25, 0.3) is 43.5 Å². The first-order valence-corrected chi connectivity index (χ1v) is 24.9. The van der Waals surface area contributed by atoms with Crippen molar-refractivity contribution in [2.24, 2.45) is 0 Å². The maximum absolute atomic E-state index is 9.07. The number of benzene rings is 9. The molecule has 3 heterocycles. The lowest BCUT2D eigenvalue weighted by Gasteiger charge is -2.43. The fraction of sp³-hybridized carbons (Fsp3) is 0.125. The lowest BCUT2D eigenvalue weighted by molar-refractivity contribution is 0.795. The van der Waals surface area contributed by atoms with Crippen molar-refractivity contribution in [2.75, 3.05) is 9.80 Å². The van der Waals surface area contributed by atoms with Crippen LogP contribution >= 0.6 is 11.3 Å². The SMILES string of the molecule is [2H]C([2H])([2H])c1cc2c3c(c1)N(c1ccccc1)c1c(sc4cc5c(cc14)-c1ccccc1C51c4ccccc4-c4ccccc41)B3c1ccc(-c3c(C(C)C)cccc3C(C)C)cc1N2c1ccccc1. The third-order valence-corrected chi connectivity index (χ3v) is 16.7. The van der Waals surface area contributed by atoms with E-state index in [-0.39, 0.29) is 6.71 Å². The van der Waals surface area contributed by atoms with E-state index in [1.54, 1.807) is 0 Å². The molecule has 0 fully saturated rings. The molecule has 4 heteroatoms. The molecule has 4 aliphatic rings. The van der Waals surface area contributed by atoms with Gasteiger partial charge in [-0.05, 0) is 157 Å². The molecule has 0 N–H and O–H groups in total. The molecule has 0 atom stereocenters. The van der Waals surface area contributed by atoms with Crippen molar-refractivity contribution < 1.29 is 4.11 Å². The van der Waals surface area contributed by atoms with Crippen LogP contribution in [0.15, 0.2) is 194 Å². The van der Waals surface area contributed by atoms with Gasteiger partial charge in [0, 0.05) is 47.4 Å². The molecule has 1 spiro atoms. The smallest absolute Gasteiger partial charge is 0.264 e. The number of hydrogen-bond donors (Lipinski definition) is 0. The number of nitrogens with zero attached hydrogens (tertiary/aromatic N) is 2. The van der Waals surface area contributed by atoms with Crippen molar-refractivity contribution in [3.63, 3.8) is 0 Å². The van der Waals surface area contributed by atoms with Crippen LogP contribution in [0.2, 0.25) is 0 Å². The number of aryl methyl sites for hydroxylation is 1. The van der Waals surface area contributed by atoms with E-state index in [0.29, 0.717) is 17.4 Å². The Morgan fingerprint density at radius 2 is 1.04 bits per heavy atom. The zero-order valence-electron chi connectivity index (χ0n) is 41.5. The predicted octanol–water partition coefficient (Wildman–Crippen LogP) is 15.5. The zero-order chi connectivity index (χ0) is 48.1. The van der Waals surface area contributed by atoms with Gasteiger partial charge in [-0.15, -0.1) is 11.3 Å². The second-order valence-electron chi connectivity index (χ2n) is 19.7. The third kappa shape index (κ3) is 5.24. The highest BCUT2D eigenvalue weighted by Gasteiger charge is 2.52. The summed E-state index contributed by atoms with van der Waals surface area (Å²) in [5.41, 5.74) is 23.6. The first-order chi connectivity index (χ1) is 34.5. The Labute approximate surface area is 408 Å². The average molecular weight is 892 g/mol. The highest BCUT2D eigenvalue weighted by molar-refractivity contribution is 7.33. The molecule has 0 saturated carbocycles. The van der Waals surface area contributed by atoms with Gasteiger partial charge in [0.15, 0.2) is 0 Å². The first-order valence-electron chi connectivity index (χ1n) is 25.6. The number of rotatable bonds is 5. The predicted molar refractivity (Wildman–Crippen MR) is 290 cm³/mol. The zero-order valence-corrected chi connectivity index (χ0v) is 39.3. The van der Waals surface area contributed by atoms with E-state index in [1.165, 1.54) is 87.1 Å². The summed E-state index contributed by atoms with van der Waals surface area (Å²) in [6.45, 7) is 6.59. The standard InChI is InChI=1S/C64H49BN2S/c1-38(2)44-26-18-27-45(39(3)4)60(44)41-31-32-55-56(35-41)66(42-19-8-6-9-20-42)57-33-40(5)34-58-61(57)65(55)63-62(67(58)43-21-10-7-11-22-43)50-36-49-48-25-14-17-30-53(48)64(54(49)37-59(50)68-63)51-28-15-12-23-46(51)47-24-13-16-29-52(47)64/h6-39H,1-5H3/i5D3. The van der Waals surface area contributed by atoms with Gasteiger partial charge in [-0.1, -0.05) is 167 Å². The van der Waals surface area contributed by atoms with E-state index in [1.807, 2.05) is 23.5 Å². The van der Waals surface area contributed by atoms with E-state index in [9.17, 15) is 0 Å². The summed E-state index contributed by atoms with van der Waals surface area (Å²) in [6.07, 6.45) is 0. The molecule has 2 aliphatic carbocycles. The number of fused-ring (bicyclic) bond motifs is 16. The molecule has 0 unspecified atom stereocenters. The van der Waals surface area contributed by atoms with Gasteiger partial charge < -0.3 is 9.80 Å². The van der Waals surface area contributed by atoms with E-state index in [4.69, 9.17) is 4.11 Å². The maximum atomic E-state index is 9.07. The quantitative estimate of drug-likeness (QED) is 0.159. The number of hydrogen-bond acceptors (Lipinski definition) is 3. The van der Waals surface area contributed by atoms with Crippen molar-refractivity contribution in [1.82, 2.24) is 0 Å². The van der Waals surface area contributed by atoms with Gasteiger partial charge in [0.25, 0.3) is 6.71 Å². The Bertz CT molecular complexity index is 3780. The molecule has 10 aromatic rings. The number of thiophene rings is 1. The van der Waals surface area contributed by atoms with E-state index in [0.717, 1.165) is 39.6 Å². The van der Waals surface area contributed by atoms with Gasteiger partial charge in [-0.25, -0.2) is 0 Å². The normalized spacial score (nSPS) is 15.1. The van der Waals surface area contributed by atoms with Crippen LogP contribution in [0, 0.1) is 6.85 Å². The van der Waals surface area contributed by atoms with Crippen molar-refractivity contribution in [1.29, 1.82) is 0 Å². The van der Waals surface area contributed by atoms with Gasteiger partial charge in [0.2, 0.25) is 0 Å². The van der Waals surface area contributed by atoms with E-state index in [2.05, 4.69) is 219 Å². The summed E-state index contributed by atoms with van der Waals surface area (Å²) < 4.78 is 29.7. The lowest BCUT2D eigenvalue weighted by atomic mass is 9.36. The van der Waals surface area contributed by atoms with Gasteiger partial charge in [-0.3, -0.25) is 0 Å². The van der Waals surface area contributed by atoms with Crippen LogP contribution in [0.4, 0.5) is 34.1 Å². The third-order valence-electron chi connectivity index (χ3n) is 15.5. The average Bonchev–Trinajstić information content (AvgIpc) is 4.02. The second kappa shape index (κ2) is 14.6. The van der Waals surface area contributed by atoms with Crippen LogP contribution in [-0.4, -0.2) is 6.71 Å². The number of anilines is 6. The van der Waals surface area contributed by atoms with Gasteiger partial charge >= 0.3 is 0 Å². The molecule has 14 rings (SSSR count). The number of para-hydroxylation sites is 2. The Hall–Kier alpha value is -7.40. The fourth-order valence-electron chi connectivity index (χ4n) is 12.8. The Morgan fingerprint density at radius 1 is 0.500 bits per heavy atom. The molecular formula is C64H49BN2S. The minimum Gasteiger partial charge on any atom is -0.311 e. The molecule has 2 nitrogen and oxygen atoms in total.